The summed E-state index contributed by atoms with van der Waals surface area (Å²) in [6.45, 7) is 4.44. The van der Waals surface area contributed by atoms with Crippen LogP contribution in [0, 0.1) is 5.92 Å². The fraction of sp³-hybridized carbons (Fsp3) is 0.600. The molecule has 3 heteroatoms. The maximum absolute atomic E-state index is 5.49. The van der Waals surface area contributed by atoms with Crippen molar-refractivity contribution in [3.8, 4) is 0 Å². The molecule has 1 heterocycles. The lowest BCUT2D eigenvalue weighted by molar-refractivity contribution is 0.423. The number of nitrogens with two attached hydrogens (primary N) is 1. The molecule has 0 saturated heterocycles. The van der Waals surface area contributed by atoms with Gasteiger partial charge in [0.1, 0.15) is 0 Å². The van der Waals surface area contributed by atoms with Gasteiger partial charge in [-0.2, -0.15) is 11.3 Å². The van der Waals surface area contributed by atoms with Gasteiger partial charge in [0.25, 0.3) is 0 Å². The second-order valence-corrected chi connectivity index (χ2v) is 4.61. The third-order valence-corrected chi connectivity index (χ3v) is 2.79. The summed E-state index contributed by atoms with van der Waals surface area (Å²) in [7, 11) is 0. The Morgan fingerprint density at radius 2 is 2.31 bits per heavy atom. The van der Waals surface area contributed by atoms with Gasteiger partial charge in [-0.1, -0.05) is 13.8 Å². The third-order valence-electron chi connectivity index (χ3n) is 2.05. The van der Waals surface area contributed by atoms with Gasteiger partial charge in [-0.3, -0.25) is 11.3 Å². The lowest BCUT2D eigenvalue weighted by atomic mass is 9.99. The summed E-state index contributed by atoms with van der Waals surface area (Å²) in [5, 5.41) is 4.29. The first-order chi connectivity index (χ1) is 6.22. The van der Waals surface area contributed by atoms with Crippen molar-refractivity contribution in [2.45, 2.75) is 32.7 Å². The standard InChI is InChI=1S/C10H18N2S/c1-8(2)5-10(12-11)6-9-3-4-13-7-9/h3-4,7-8,10,12H,5-6,11H2,1-2H3. The molecule has 1 unspecified atom stereocenters. The van der Waals surface area contributed by atoms with Crippen molar-refractivity contribution < 1.29 is 0 Å². The Bertz CT molecular complexity index is 219. The molecule has 0 aliphatic heterocycles. The van der Waals surface area contributed by atoms with Crippen molar-refractivity contribution in [1.82, 2.24) is 5.43 Å². The highest BCUT2D eigenvalue weighted by Gasteiger charge is 2.09. The molecule has 0 aliphatic carbocycles. The Labute approximate surface area is 84.1 Å². The highest BCUT2D eigenvalue weighted by atomic mass is 32.1. The Kier molecular flexibility index (Phi) is 4.42. The van der Waals surface area contributed by atoms with Gasteiger partial charge in [0.15, 0.2) is 0 Å². The summed E-state index contributed by atoms with van der Waals surface area (Å²) < 4.78 is 0. The van der Waals surface area contributed by atoms with Gasteiger partial charge >= 0.3 is 0 Å². The molecule has 0 spiro atoms. The molecule has 1 aromatic rings. The van der Waals surface area contributed by atoms with E-state index in [0.717, 1.165) is 12.8 Å². The molecule has 0 saturated carbocycles. The van der Waals surface area contributed by atoms with Gasteiger partial charge in [0, 0.05) is 6.04 Å². The van der Waals surface area contributed by atoms with Crippen LogP contribution in [0.4, 0.5) is 0 Å². The largest absolute Gasteiger partial charge is 0.271 e. The number of hydrogen-bond acceptors (Lipinski definition) is 3. The van der Waals surface area contributed by atoms with Crippen LogP contribution in [0.5, 0.6) is 0 Å². The van der Waals surface area contributed by atoms with Crippen LogP contribution in [-0.2, 0) is 6.42 Å². The van der Waals surface area contributed by atoms with Gasteiger partial charge in [0.2, 0.25) is 0 Å². The molecule has 0 radical (unpaired) electrons. The fourth-order valence-electron chi connectivity index (χ4n) is 1.47. The Morgan fingerprint density at radius 3 is 2.77 bits per heavy atom. The number of thiophene rings is 1. The van der Waals surface area contributed by atoms with Gasteiger partial charge in [-0.15, -0.1) is 0 Å². The van der Waals surface area contributed by atoms with E-state index in [9.17, 15) is 0 Å². The van der Waals surface area contributed by atoms with E-state index in [1.165, 1.54) is 5.56 Å². The first kappa shape index (κ1) is 10.7. The molecule has 0 aliphatic rings. The molecule has 1 aromatic heterocycles. The van der Waals surface area contributed by atoms with Crippen LogP contribution in [0.3, 0.4) is 0 Å². The third kappa shape index (κ3) is 3.89. The van der Waals surface area contributed by atoms with E-state index in [1.807, 2.05) is 0 Å². The molecule has 0 fully saturated rings. The van der Waals surface area contributed by atoms with E-state index in [1.54, 1.807) is 11.3 Å². The molecule has 13 heavy (non-hydrogen) atoms. The molecular weight excluding hydrogens is 180 g/mol. The topological polar surface area (TPSA) is 38.0 Å². The molecule has 0 amide bonds. The maximum Gasteiger partial charge on any atom is 0.0253 e. The van der Waals surface area contributed by atoms with Crippen molar-refractivity contribution in [1.29, 1.82) is 0 Å². The molecule has 74 valence electrons. The molecular formula is C10H18N2S. The number of nitrogens with one attached hydrogen (secondary N) is 1. The zero-order chi connectivity index (χ0) is 9.68. The summed E-state index contributed by atoms with van der Waals surface area (Å²) in [4.78, 5) is 0. The lowest BCUT2D eigenvalue weighted by Crippen LogP contribution is -2.37. The van der Waals surface area contributed by atoms with Gasteiger partial charge in [0.05, 0.1) is 0 Å². The van der Waals surface area contributed by atoms with Crippen LogP contribution >= 0.6 is 11.3 Å². The summed E-state index contributed by atoms with van der Waals surface area (Å²) in [5.41, 5.74) is 4.26. The van der Waals surface area contributed by atoms with Gasteiger partial charge < -0.3 is 0 Å². The molecule has 0 aromatic carbocycles. The lowest BCUT2D eigenvalue weighted by Gasteiger charge is -2.17. The quantitative estimate of drug-likeness (QED) is 0.562. The molecule has 1 rings (SSSR count). The first-order valence-corrected chi connectivity index (χ1v) is 5.64. The average Bonchev–Trinajstić information content (AvgIpc) is 2.55. The number of hydrogen-bond donors (Lipinski definition) is 2. The van der Waals surface area contributed by atoms with Crippen molar-refractivity contribution in [3.05, 3.63) is 22.4 Å². The van der Waals surface area contributed by atoms with E-state index < -0.39 is 0 Å². The smallest absolute Gasteiger partial charge is 0.0253 e. The zero-order valence-corrected chi connectivity index (χ0v) is 9.10. The average molecular weight is 198 g/mol. The van der Waals surface area contributed by atoms with E-state index >= 15 is 0 Å². The van der Waals surface area contributed by atoms with Crippen LogP contribution in [0.2, 0.25) is 0 Å². The molecule has 1 atom stereocenters. The van der Waals surface area contributed by atoms with E-state index in [-0.39, 0.29) is 0 Å². The van der Waals surface area contributed by atoms with Crippen LogP contribution in [0.25, 0.3) is 0 Å². The van der Waals surface area contributed by atoms with E-state index in [4.69, 9.17) is 5.84 Å². The van der Waals surface area contributed by atoms with E-state index in [2.05, 4.69) is 36.1 Å². The first-order valence-electron chi connectivity index (χ1n) is 4.69. The van der Waals surface area contributed by atoms with Crippen molar-refractivity contribution in [2.24, 2.45) is 11.8 Å². The Balaban J connectivity index is 2.40. The van der Waals surface area contributed by atoms with Crippen LogP contribution in [-0.4, -0.2) is 6.04 Å². The van der Waals surface area contributed by atoms with Crippen molar-refractivity contribution in [3.63, 3.8) is 0 Å². The Hall–Kier alpha value is -0.380. The van der Waals surface area contributed by atoms with Gasteiger partial charge in [-0.25, -0.2) is 0 Å². The monoisotopic (exact) mass is 198 g/mol. The molecule has 0 bridgehead atoms. The minimum Gasteiger partial charge on any atom is -0.271 e. The maximum atomic E-state index is 5.49. The van der Waals surface area contributed by atoms with Crippen LogP contribution in [0.1, 0.15) is 25.8 Å². The molecule has 2 nitrogen and oxygen atoms in total. The SMILES string of the molecule is CC(C)CC(Cc1ccsc1)NN. The second-order valence-electron chi connectivity index (χ2n) is 3.83. The summed E-state index contributed by atoms with van der Waals surface area (Å²) >= 11 is 1.74. The molecule has 3 N–H and O–H groups in total. The van der Waals surface area contributed by atoms with Gasteiger partial charge in [-0.05, 0) is 41.1 Å². The van der Waals surface area contributed by atoms with Crippen molar-refractivity contribution in [2.75, 3.05) is 0 Å². The Morgan fingerprint density at radius 1 is 1.54 bits per heavy atom. The highest BCUT2D eigenvalue weighted by Crippen LogP contribution is 2.12. The minimum atomic E-state index is 0.412. The van der Waals surface area contributed by atoms with E-state index in [0.29, 0.717) is 12.0 Å². The van der Waals surface area contributed by atoms with Crippen LogP contribution in [0.15, 0.2) is 16.8 Å². The number of rotatable bonds is 5. The predicted octanol–water partition coefficient (Wildman–Crippen LogP) is 2.17. The highest BCUT2D eigenvalue weighted by molar-refractivity contribution is 7.07. The zero-order valence-electron chi connectivity index (χ0n) is 8.29. The minimum absolute atomic E-state index is 0.412. The summed E-state index contributed by atoms with van der Waals surface area (Å²) in [6, 6.07) is 2.57. The summed E-state index contributed by atoms with van der Waals surface area (Å²) in [5.74, 6) is 6.19. The normalized spacial score (nSPS) is 13.5. The summed E-state index contributed by atoms with van der Waals surface area (Å²) in [6.07, 6.45) is 2.17. The van der Waals surface area contributed by atoms with Crippen molar-refractivity contribution >= 4 is 11.3 Å². The number of hydrazine groups is 1. The predicted molar refractivity (Wildman–Crippen MR) is 58.6 cm³/mol. The second kappa shape index (κ2) is 5.37. The fourth-order valence-corrected chi connectivity index (χ4v) is 2.15. The van der Waals surface area contributed by atoms with Crippen LogP contribution < -0.4 is 11.3 Å².